The average molecular weight is 401 g/mol. The van der Waals surface area contributed by atoms with Crippen LogP contribution in [0.4, 0.5) is 5.69 Å². The number of carbonyl (C=O) groups is 1. The molecule has 0 heterocycles. The van der Waals surface area contributed by atoms with Gasteiger partial charge in [-0.2, -0.15) is 0 Å². The zero-order valence-corrected chi connectivity index (χ0v) is 14.7. The highest BCUT2D eigenvalue weighted by Crippen LogP contribution is 2.55. The van der Waals surface area contributed by atoms with E-state index in [2.05, 4.69) is 5.73 Å². The van der Waals surface area contributed by atoms with Crippen molar-refractivity contribution < 1.29 is 57.4 Å². The zero-order valence-electron chi connectivity index (χ0n) is 13.0. The van der Waals surface area contributed by atoms with Crippen molar-refractivity contribution in [2.45, 2.75) is 18.3 Å². The molecule has 0 aromatic heterocycles. The number of aliphatic hydroxyl groups is 1. The number of aromatic hydroxyl groups is 1. The number of ether oxygens (including phenoxy) is 1. The minimum absolute atomic E-state index is 0. The summed E-state index contributed by atoms with van der Waals surface area (Å²) in [4.78, 5) is 30.6. The van der Waals surface area contributed by atoms with E-state index >= 15 is 0 Å². The van der Waals surface area contributed by atoms with Crippen molar-refractivity contribution in [2.24, 2.45) is 0 Å². The average Bonchev–Trinajstić information content (AvgIpc) is 2.51. The Hall–Kier alpha value is -1.91. The molecule has 0 saturated carbocycles. The van der Waals surface area contributed by atoms with Gasteiger partial charge in [0.2, 0.25) is 13.1 Å². The maximum absolute atomic E-state index is 12.2. The van der Waals surface area contributed by atoms with E-state index in [1.54, 1.807) is 0 Å². The Bertz CT molecular complexity index is 699. The quantitative estimate of drug-likeness (QED) is 0.168. The number of nitro benzene ring substituents is 1. The third-order valence-electron chi connectivity index (χ3n) is 3.32. The Morgan fingerprint density at radius 2 is 2.04 bits per heavy atom. The molecule has 0 aliphatic heterocycles. The van der Waals surface area contributed by atoms with Crippen LogP contribution in [0.15, 0.2) is 12.1 Å². The van der Waals surface area contributed by atoms with E-state index in [0.717, 1.165) is 19.2 Å². The van der Waals surface area contributed by atoms with Crippen LogP contribution in [0.1, 0.15) is 17.8 Å². The topological polar surface area (TPSA) is 195 Å². The summed E-state index contributed by atoms with van der Waals surface area (Å²) in [5.74, 6) is -4.40. The molecule has 2 unspecified atom stereocenters. The third-order valence-corrected chi connectivity index (χ3v) is 5.28. The summed E-state index contributed by atoms with van der Waals surface area (Å²) in [5.41, 5.74) is 2.18. The molecular formula is C12H18ClN2O9P. The second kappa shape index (κ2) is 8.97. The van der Waals surface area contributed by atoms with E-state index in [-0.39, 0.29) is 30.1 Å². The number of carboxylic acids is 1. The molecule has 7 N–H and O–H groups in total. The van der Waals surface area contributed by atoms with E-state index in [4.69, 9.17) is 9.84 Å². The SMILES string of the molecule is COc1cc(C(O)P(=O)(O)CC[C@H]([NH3+])C(=O)O)cc([N+](=O)[O-])c1O.[Cl-]. The maximum atomic E-state index is 12.2. The number of aliphatic hydroxyl groups excluding tert-OH is 1. The molecule has 142 valence electrons. The molecule has 0 aliphatic carbocycles. The third kappa shape index (κ3) is 5.55. The number of hydrogen-bond acceptors (Lipinski definition) is 7. The van der Waals surface area contributed by atoms with E-state index in [1.165, 1.54) is 0 Å². The predicted molar refractivity (Wildman–Crippen MR) is 79.9 cm³/mol. The van der Waals surface area contributed by atoms with Gasteiger partial charge in [-0.05, 0) is 6.07 Å². The van der Waals surface area contributed by atoms with Crippen LogP contribution in [-0.4, -0.2) is 50.4 Å². The van der Waals surface area contributed by atoms with E-state index in [9.17, 15) is 34.6 Å². The van der Waals surface area contributed by atoms with Crippen LogP contribution in [0.25, 0.3) is 0 Å². The van der Waals surface area contributed by atoms with Crippen LogP contribution >= 0.6 is 7.37 Å². The lowest BCUT2D eigenvalue weighted by atomic mass is 10.2. The first-order chi connectivity index (χ1) is 11.0. The van der Waals surface area contributed by atoms with Crippen LogP contribution in [0.3, 0.4) is 0 Å². The number of nitro groups is 1. The molecule has 0 radical (unpaired) electrons. The summed E-state index contributed by atoms with van der Waals surface area (Å²) in [7, 11) is -3.18. The van der Waals surface area contributed by atoms with Crippen molar-refractivity contribution in [3.63, 3.8) is 0 Å². The molecule has 0 aliphatic rings. The van der Waals surface area contributed by atoms with E-state index in [1.807, 2.05) is 0 Å². The standard InChI is InChI=1S/C12H17N2O9P.ClH/c1-23-9-5-6(4-8(10(9)15)14(19)20)12(18)24(21,22)3-2-7(13)11(16)17;/h4-5,7,12,15,18H,2-3,13H2,1H3,(H,16,17)(H,21,22);1H/t7-,12?;/m0./s1. The highest BCUT2D eigenvalue weighted by molar-refractivity contribution is 7.58. The minimum atomic E-state index is -4.30. The summed E-state index contributed by atoms with van der Waals surface area (Å²) >= 11 is 0. The fraction of sp³-hybridized carbons (Fsp3) is 0.417. The van der Waals surface area contributed by atoms with E-state index in [0.29, 0.717) is 0 Å². The van der Waals surface area contributed by atoms with Gasteiger partial charge in [0.25, 0.3) is 0 Å². The number of carboxylic acid groups (broad SMARTS) is 1. The van der Waals surface area contributed by atoms with Crippen LogP contribution in [-0.2, 0) is 9.36 Å². The zero-order chi connectivity index (χ0) is 18.7. The van der Waals surface area contributed by atoms with Gasteiger partial charge in [0.1, 0.15) is 0 Å². The first-order valence-electron chi connectivity index (χ1n) is 6.62. The van der Waals surface area contributed by atoms with Crippen molar-refractivity contribution in [1.82, 2.24) is 0 Å². The summed E-state index contributed by atoms with van der Waals surface area (Å²) in [6.07, 6.45) is -0.816. The Kier molecular flexibility index (Phi) is 8.29. The number of methoxy groups -OCH3 is 1. The molecule has 1 rings (SSSR count). The van der Waals surface area contributed by atoms with Crippen molar-refractivity contribution in [2.75, 3.05) is 13.3 Å². The van der Waals surface area contributed by atoms with Gasteiger partial charge in [0.05, 0.1) is 12.0 Å². The Morgan fingerprint density at radius 3 is 2.48 bits per heavy atom. The van der Waals surface area contributed by atoms with Crippen molar-refractivity contribution in [3.8, 4) is 11.5 Å². The lowest BCUT2D eigenvalue weighted by Gasteiger charge is -2.19. The molecule has 11 nitrogen and oxygen atoms in total. The van der Waals surface area contributed by atoms with Gasteiger partial charge in [-0.15, -0.1) is 0 Å². The fourth-order valence-corrected chi connectivity index (χ4v) is 3.42. The number of rotatable bonds is 8. The van der Waals surface area contributed by atoms with Gasteiger partial charge in [-0.1, -0.05) is 0 Å². The van der Waals surface area contributed by atoms with E-state index < -0.39 is 47.7 Å². The fourth-order valence-electron chi connectivity index (χ4n) is 1.88. The van der Waals surface area contributed by atoms with Crippen molar-refractivity contribution >= 4 is 19.0 Å². The number of quaternary nitrogens is 1. The van der Waals surface area contributed by atoms with Crippen LogP contribution in [0.5, 0.6) is 11.5 Å². The Labute approximate surface area is 148 Å². The van der Waals surface area contributed by atoms with Gasteiger partial charge in [0.15, 0.2) is 17.6 Å². The molecule has 1 aromatic rings. The first kappa shape index (κ1) is 23.1. The molecule has 0 amide bonds. The Balaban J connectivity index is 0.00000576. The normalized spacial score (nSPS) is 15.4. The Morgan fingerprint density at radius 1 is 1.48 bits per heavy atom. The second-order valence-electron chi connectivity index (χ2n) is 5.02. The van der Waals surface area contributed by atoms with Crippen molar-refractivity contribution in [1.29, 1.82) is 0 Å². The summed E-state index contributed by atoms with van der Waals surface area (Å²) < 4.78 is 17.0. The van der Waals surface area contributed by atoms with Crippen LogP contribution in [0, 0.1) is 10.1 Å². The first-order valence-corrected chi connectivity index (χ1v) is 8.53. The molecule has 0 bridgehead atoms. The lowest BCUT2D eigenvalue weighted by Crippen LogP contribution is -3.00. The summed E-state index contributed by atoms with van der Waals surface area (Å²) in [6, 6.07) is 0.611. The lowest BCUT2D eigenvalue weighted by molar-refractivity contribution is -0.407. The van der Waals surface area contributed by atoms with Gasteiger partial charge in [0, 0.05) is 24.2 Å². The van der Waals surface area contributed by atoms with Gasteiger partial charge in [-0.25, -0.2) is 4.79 Å². The minimum Gasteiger partial charge on any atom is -1.00 e. The predicted octanol–water partition coefficient (Wildman–Crippen LogP) is -3.34. The largest absolute Gasteiger partial charge is 1.00 e. The van der Waals surface area contributed by atoms with Gasteiger partial charge < -0.3 is 43.1 Å². The molecule has 0 fully saturated rings. The number of aliphatic carboxylic acids is 1. The smallest absolute Gasteiger partial charge is 0.362 e. The molecule has 0 spiro atoms. The summed E-state index contributed by atoms with van der Waals surface area (Å²) in [5, 5.41) is 39.4. The number of halogens is 1. The number of phenolic OH excluding ortho intramolecular Hbond substituents is 1. The highest BCUT2D eigenvalue weighted by Gasteiger charge is 2.34. The maximum Gasteiger partial charge on any atom is 0.362 e. The molecule has 1 aromatic carbocycles. The van der Waals surface area contributed by atoms with Gasteiger partial charge >= 0.3 is 11.7 Å². The number of benzene rings is 1. The second-order valence-corrected chi connectivity index (χ2v) is 7.47. The summed E-state index contributed by atoms with van der Waals surface area (Å²) in [6.45, 7) is 0. The van der Waals surface area contributed by atoms with Crippen LogP contribution < -0.4 is 22.9 Å². The molecule has 13 heteroatoms. The number of phenols is 1. The molecule has 0 saturated heterocycles. The molecule has 25 heavy (non-hydrogen) atoms. The number of nitrogens with zero attached hydrogens (tertiary/aromatic N) is 1. The van der Waals surface area contributed by atoms with Crippen molar-refractivity contribution in [3.05, 3.63) is 27.8 Å². The number of hydrogen-bond donors (Lipinski definition) is 5. The highest BCUT2D eigenvalue weighted by atomic mass is 35.5. The molecule has 3 atom stereocenters. The van der Waals surface area contributed by atoms with Crippen LogP contribution in [0.2, 0.25) is 0 Å². The monoisotopic (exact) mass is 400 g/mol. The van der Waals surface area contributed by atoms with Gasteiger partial charge in [-0.3, -0.25) is 14.7 Å². The molecular weight excluding hydrogens is 383 g/mol.